The smallest absolute Gasteiger partial charge is 0.242 e. The van der Waals surface area contributed by atoms with Crippen LogP contribution in [0, 0.1) is 5.82 Å². The number of carbonyl (C=O) groups is 2. The number of likely N-dealkylation sites (tertiary alicyclic amines) is 1. The Morgan fingerprint density at radius 1 is 1.09 bits per heavy atom. The summed E-state index contributed by atoms with van der Waals surface area (Å²) in [6, 6.07) is 14.1. The Morgan fingerprint density at radius 2 is 1.79 bits per heavy atom. The van der Waals surface area contributed by atoms with E-state index in [0.29, 0.717) is 19.5 Å². The Balaban J connectivity index is 1.59. The van der Waals surface area contributed by atoms with Gasteiger partial charge in [-0.25, -0.2) is 9.37 Å². The molecule has 174 valence electrons. The van der Waals surface area contributed by atoms with Gasteiger partial charge in [0.25, 0.3) is 0 Å². The first-order valence-corrected chi connectivity index (χ1v) is 11.7. The number of hydrogen-bond donors (Lipinski definition) is 0. The maximum absolute atomic E-state index is 13.2. The van der Waals surface area contributed by atoms with Gasteiger partial charge < -0.3 is 14.4 Å². The van der Waals surface area contributed by atoms with Gasteiger partial charge in [-0.15, -0.1) is 0 Å². The molecule has 7 heteroatoms. The zero-order chi connectivity index (χ0) is 23.4. The first kappa shape index (κ1) is 23.0. The second kappa shape index (κ2) is 10.1. The van der Waals surface area contributed by atoms with Crippen molar-refractivity contribution in [1.29, 1.82) is 0 Å². The lowest BCUT2D eigenvalue weighted by Crippen LogP contribution is -2.35. The van der Waals surface area contributed by atoms with E-state index in [1.54, 1.807) is 17.0 Å². The lowest BCUT2D eigenvalue weighted by Gasteiger charge is -2.23. The fourth-order valence-corrected chi connectivity index (χ4v) is 4.62. The van der Waals surface area contributed by atoms with Crippen LogP contribution in [0.15, 0.2) is 48.5 Å². The number of amides is 2. The summed E-state index contributed by atoms with van der Waals surface area (Å²) < 4.78 is 15.2. The van der Waals surface area contributed by atoms with Gasteiger partial charge in [-0.2, -0.15) is 0 Å². The van der Waals surface area contributed by atoms with Gasteiger partial charge in [-0.05, 0) is 42.7 Å². The zero-order valence-electron chi connectivity index (χ0n) is 19.3. The van der Waals surface area contributed by atoms with Crippen molar-refractivity contribution in [1.82, 2.24) is 19.4 Å². The molecular formula is C26H31FN4O2. The standard InChI is InChI=1S/C26H31FN4O2/c1-3-13-29(14-4-2)25(33)18-31-23-8-6-5-7-22(23)28-26(31)20-15-24(32)30(17-20)16-19-9-11-21(27)12-10-19/h5-12,20H,3-4,13-18H2,1-2H3. The Labute approximate surface area is 194 Å². The summed E-state index contributed by atoms with van der Waals surface area (Å²) in [5.74, 6) is 0.530. The number of rotatable bonds is 9. The van der Waals surface area contributed by atoms with E-state index < -0.39 is 0 Å². The average Bonchev–Trinajstić information content (AvgIpc) is 3.35. The molecule has 0 radical (unpaired) electrons. The highest BCUT2D eigenvalue weighted by Crippen LogP contribution is 2.31. The monoisotopic (exact) mass is 450 g/mol. The number of para-hydroxylation sites is 2. The van der Waals surface area contributed by atoms with Crippen LogP contribution in [-0.2, 0) is 22.7 Å². The van der Waals surface area contributed by atoms with Crippen molar-refractivity contribution < 1.29 is 14.0 Å². The van der Waals surface area contributed by atoms with E-state index >= 15 is 0 Å². The topological polar surface area (TPSA) is 58.4 Å². The van der Waals surface area contributed by atoms with Crippen molar-refractivity contribution in [2.24, 2.45) is 0 Å². The van der Waals surface area contributed by atoms with Crippen molar-refractivity contribution in [3.8, 4) is 0 Å². The van der Waals surface area contributed by atoms with E-state index in [2.05, 4.69) is 13.8 Å². The summed E-state index contributed by atoms with van der Waals surface area (Å²) in [6.07, 6.45) is 2.18. The minimum atomic E-state index is -0.289. The second-order valence-corrected chi connectivity index (χ2v) is 8.73. The van der Waals surface area contributed by atoms with Gasteiger partial charge in [0.1, 0.15) is 18.2 Å². The van der Waals surface area contributed by atoms with Crippen molar-refractivity contribution in [2.75, 3.05) is 19.6 Å². The number of aromatic nitrogens is 2. The largest absolute Gasteiger partial charge is 0.341 e. The molecule has 3 aromatic rings. The van der Waals surface area contributed by atoms with Crippen LogP contribution in [0.5, 0.6) is 0 Å². The van der Waals surface area contributed by atoms with Crippen LogP contribution in [0.1, 0.15) is 50.4 Å². The SMILES string of the molecule is CCCN(CCC)C(=O)Cn1c(C2CC(=O)N(Cc3ccc(F)cc3)C2)nc2ccccc21. The minimum absolute atomic E-state index is 0.0489. The van der Waals surface area contributed by atoms with Gasteiger partial charge >= 0.3 is 0 Å². The van der Waals surface area contributed by atoms with Gasteiger partial charge in [-0.3, -0.25) is 9.59 Å². The molecule has 0 spiro atoms. The summed E-state index contributed by atoms with van der Waals surface area (Å²) in [4.78, 5) is 34.5. The number of carbonyl (C=O) groups excluding carboxylic acids is 2. The van der Waals surface area contributed by atoms with Crippen molar-refractivity contribution in [3.05, 3.63) is 65.7 Å². The molecule has 33 heavy (non-hydrogen) atoms. The van der Waals surface area contributed by atoms with Gasteiger partial charge in [-0.1, -0.05) is 38.1 Å². The fraction of sp³-hybridized carbons (Fsp3) is 0.423. The maximum Gasteiger partial charge on any atom is 0.242 e. The number of nitrogens with zero attached hydrogens (tertiary/aromatic N) is 4. The molecule has 0 aliphatic carbocycles. The lowest BCUT2D eigenvalue weighted by atomic mass is 10.1. The highest BCUT2D eigenvalue weighted by Gasteiger charge is 2.34. The van der Waals surface area contributed by atoms with Crippen LogP contribution in [0.2, 0.25) is 0 Å². The van der Waals surface area contributed by atoms with E-state index in [1.165, 1.54) is 12.1 Å². The van der Waals surface area contributed by atoms with Crippen LogP contribution >= 0.6 is 0 Å². The highest BCUT2D eigenvalue weighted by atomic mass is 19.1. The summed E-state index contributed by atoms with van der Waals surface area (Å²) >= 11 is 0. The van der Waals surface area contributed by atoms with Crippen LogP contribution in [0.25, 0.3) is 11.0 Å². The number of imidazole rings is 1. The number of fused-ring (bicyclic) bond motifs is 1. The fourth-order valence-electron chi connectivity index (χ4n) is 4.62. The second-order valence-electron chi connectivity index (χ2n) is 8.73. The van der Waals surface area contributed by atoms with Crippen molar-refractivity contribution >= 4 is 22.8 Å². The van der Waals surface area contributed by atoms with Crippen molar-refractivity contribution in [2.45, 2.75) is 52.1 Å². The van der Waals surface area contributed by atoms with Gasteiger partial charge in [0, 0.05) is 38.5 Å². The molecule has 2 aromatic carbocycles. The molecule has 6 nitrogen and oxygen atoms in total. The quantitative estimate of drug-likeness (QED) is 0.487. The van der Waals surface area contributed by atoms with Gasteiger partial charge in [0.05, 0.1) is 11.0 Å². The zero-order valence-corrected chi connectivity index (χ0v) is 19.3. The van der Waals surface area contributed by atoms with E-state index in [-0.39, 0.29) is 30.1 Å². The Kier molecular flexibility index (Phi) is 7.06. The molecule has 1 aromatic heterocycles. The molecule has 1 aliphatic heterocycles. The van der Waals surface area contributed by atoms with E-state index in [9.17, 15) is 14.0 Å². The number of hydrogen-bond acceptors (Lipinski definition) is 3. The Hall–Kier alpha value is -3.22. The summed E-state index contributed by atoms with van der Waals surface area (Å²) in [7, 11) is 0. The molecule has 4 rings (SSSR count). The van der Waals surface area contributed by atoms with Crippen LogP contribution in [-0.4, -0.2) is 50.8 Å². The Bertz CT molecular complexity index is 1120. The molecule has 1 aliphatic rings. The highest BCUT2D eigenvalue weighted by molar-refractivity contribution is 5.83. The number of halogens is 1. The van der Waals surface area contributed by atoms with E-state index in [1.807, 2.05) is 33.7 Å². The summed E-state index contributed by atoms with van der Waals surface area (Å²) in [5, 5.41) is 0. The Morgan fingerprint density at radius 3 is 2.48 bits per heavy atom. The first-order chi connectivity index (χ1) is 16.0. The average molecular weight is 451 g/mol. The lowest BCUT2D eigenvalue weighted by molar-refractivity contribution is -0.132. The molecule has 0 saturated carbocycles. The molecule has 2 heterocycles. The molecule has 1 saturated heterocycles. The predicted octanol–water partition coefficient (Wildman–Crippen LogP) is 4.34. The van der Waals surface area contributed by atoms with Gasteiger partial charge in [0.2, 0.25) is 11.8 Å². The predicted molar refractivity (Wildman–Crippen MR) is 126 cm³/mol. The molecule has 1 atom stereocenters. The molecular weight excluding hydrogens is 419 g/mol. The summed E-state index contributed by atoms with van der Waals surface area (Å²) in [5.41, 5.74) is 2.64. The first-order valence-electron chi connectivity index (χ1n) is 11.7. The van der Waals surface area contributed by atoms with Crippen LogP contribution in [0.4, 0.5) is 4.39 Å². The summed E-state index contributed by atoms with van der Waals surface area (Å²) in [6.45, 7) is 6.82. The number of benzene rings is 2. The molecule has 1 unspecified atom stereocenters. The third-order valence-electron chi connectivity index (χ3n) is 6.18. The normalized spacial score (nSPS) is 16.0. The van der Waals surface area contributed by atoms with Crippen LogP contribution in [0.3, 0.4) is 0 Å². The third-order valence-corrected chi connectivity index (χ3v) is 6.18. The third kappa shape index (κ3) is 5.07. The van der Waals surface area contributed by atoms with E-state index in [0.717, 1.165) is 48.4 Å². The van der Waals surface area contributed by atoms with Crippen molar-refractivity contribution in [3.63, 3.8) is 0 Å². The molecule has 0 N–H and O–H groups in total. The maximum atomic E-state index is 13.2. The van der Waals surface area contributed by atoms with E-state index in [4.69, 9.17) is 4.98 Å². The molecule has 1 fully saturated rings. The molecule has 0 bridgehead atoms. The molecule has 2 amide bonds. The van der Waals surface area contributed by atoms with Crippen LogP contribution < -0.4 is 0 Å². The minimum Gasteiger partial charge on any atom is -0.341 e. The van der Waals surface area contributed by atoms with Gasteiger partial charge in [0.15, 0.2) is 0 Å².